The van der Waals surface area contributed by atoms with Gasteiger partial charge in [-0.1, -0.05) is 13.3 Å². The lowest BCUT2D eigenvalue weighted by atomic mass is 10.2. The molecule has 0 bridgehead atoms. The van der Waals surface area contributed by atoms with Crippen LogP contribution in [0.15, 0.2) is 5.38 Å². The molecule has 0 amide bonds. The lowest BCUT2D eigenvalue weighted by Crippen LogP contribution is -2.24. The highest BCUT2D eigenvalue weighted by molar-refractivity contribution is 7.13. The molecule has 5 nitrogen and oxygen atoms in total. The van der Waals surface area contributed by atoms with E-state index in [0.717, 1.165) is 18.0 Å². The Kier molecular flexibility index (Phi) is 5.93. The van der Waals surface area contributed by atoms with Crippen LogP contribution in [0.4, 0.5) is 5.13 Å². The Bertz CT molecular complexity index is 348. The van der Waals surface area contributed by atoms with Gasteiger partial charge in [0.1, 0.15) is 0 Å². The average molecular weight is 258 g/mol. The molecule has 0 radical (unpaired) electrons. The van der Waals surface area contributed by atoms with Crippen LogP contribution in [-0.4, -0.2) is 35.8 Å². The van der Waals surface area contributed by atoms with E-state index in [2.05, 4.69) is 17.2 Å². The summed E-state index contributed by atoms with van der Waals surface area (Å²) >= 11 is 1.43. The van der Waals surface area contributed by atoms with Crippen molar-refractivity contribution >= 4 is 22.4 Å². The summed E-state index contributed by atoms with van der Waals surface area (Å²) in [6, 6.07) is 0.230. The zero-order valence-corrected chi connectivity index (χ0v) is 10.9. The molecule has 0 fully saturated rings. The van der Waals surface area contributed by atoms with E-state index < -0.39 is 5.97 Å². The SMILES string of the molecule is CCCC(COC)Nc1nc(CC(=O)O)cs1. The van der Waals surface area contributed by atoms with Crippen LogP contribution >= 0.6 is 11.3 Å². The molecule has 0 aliphatic rings. The smallest absolute Gasteiger partial charge is 0.309 e. The van der Waals surface area contributed by atoms with E-state index >= 15 is 0 Å². The molecule has 6 heteroatoms. The third kappa shape index (κ3) is 5.14. The number of carbonyl (C=O) groups is 1. The van der Waals surface area contributed by atoms with E-state index in [-0.39, 0.29) is 12.5 Å². The molecule has 0 saturated heterocycles. The number of nitrogens with one attached hydrogen (secondary N) is 1. The number of carboxylic acids is 1. The highest BCUT2D eigenvalue weighted by Crippen LogP contribution is 2.18. The van der Waals surface area contributed by atoms with Gasteiger partial charge in [0, 0.05) is 12.5 Å². The number of hydrogen-bond acceptors (Lipinski definition) is 5. The Labute approximate surface area is 105 Å². The van der Waals surface area contributed by atoms with Gasteiger partial charge in [0.2, 0.25) is 0 Å². The summed E-state index contributed by atoms with van der Waals surface area (Å²) in [6.07, 6.45) is 2.04. The predicted molar refractivity (Wildman–Crippen MR) is 67.6 cm³/mol. The van der Waals surface area contributed by atoms with Crippen LogP contribution in [0, 0.1) is 0 Å². The topological polar surface area (TPSA) is 71.5 Å². The number of rotatable bonds is 8. The van der Waals surface area contributed by atoms with Gasteiger partial charge in [-0.2, -0.15) is 0 Å². The van der Waals surface area contributed by atoms with Crippen LogP contribution in [0.2, 0.25) is 0 Å². The number of nitrogens with zero attached hydrogens (tertiary/aromatic N) is 1. The summed E-state index contributed by atoms with van der Waals surface area (Å²) < 4.78 is 5.12. The first-order valence-corrected chi connectivity index (χ1v) is 6.45. The Hall–Kier alpha value is -1.14. The second-order valence-corrected chi connectivity index (χ2v) is 4.66. The number of hydrogen-bond donors (Lipinski definition) is 2. The molecule has 1 unspecified atom stereocenters. The van der Waals surface area contributed by atoms with Crippen molar-refractivity contribution in [1.82, 2.24) is 4.98 Å². The number of ether oxygens (including phenoxy) is 1. The van der Waals surface area contributed by atoms with Crippen LogP contribution in [0.3, 0.4) is 0 Å². The molecule has 17 heavy (non-hydrogen) atoms. The van der Waals surface area contributed by atoms with Crippen LogP contribution in [-0.2, 0) is 16.0 Å². The quantitative estimate of drug-likeness (QED) is 0.746. The Morgan fingerprint density at radius 1 is 1.71 bits per heavy atom. The van der Waals surface area contributed by atoms with Crippen LogP contribution < -0.4 is 5.32 Å². The van der Waals surface area contributed by atoms with E-state index in [0.29, 0.717) is 12.3 Å². The second kappa shape index (κ2) is 7.24. The minimum atomic E-state index is -0.858. The predicted octanol–water partition coefficient (Wildman–Crippen LogP) is 2.00. The highest BCUT2D eigenvalue weighted by atomic mass is 32.1. The zero-order chi connectivity index (χ0) is 12.7. The summed E-state index contributed by atoms with van der Waals surface area (Å²) in [6.45, 7) is 2.74. The molecule has 0 saturated carbocycles. The summed E-state index contributed by atoms with van der Waals surface area (Å²) in [7, 11) is 1.67. The minimum absolute atomic E-state index is 0.0269. The fourth-order valence-corrected chi connectivity index (χ4v) is 2.32. The molecule has 1 aromatic rings. The van der Waals surface area contributed by atoms with Gasteiger partial charge in [-0.05, 0) is 6.42 Å². The summed E-state index contributed by atoms with van der Waals surface area (Å²) in [4.78, 5) is 14.8. The first-order chi connectivity index (χ1) is 8.15. The van der Waals surface area contributed by atoms with Crippen LogP contribution in [0.5, 0.6) is 0 Å². The third-order valence-corrected chi connectivity index (χ3v) is 3.04. The number of anilines is 1. The van der Waals surface area contributed by atoms with Crippen molar-refractivity contribution in [2.24, 2.45) is 0 Å². The normalized spacial score (nSPS) is 12.4. The third-order valence-electron chi connectivity index (χ3n) is 2.22. The lowest BCUT2D eigenvalue weighted by molar-refractivity contribution is -0.136. The lowest BCUT2D eigenvalue weighted by Gasteiger charge is -2.15. The van der Waals surface area contributed by atoms with Crippen molar-refractivity contribution in [3.63, 3.8) is 0 Å². The van der Waals surface area contributed by atoms with Crippen molar-refractivity contribution in [1.29, 1.82) is 0 Å². The summed E-state index contributed by atoms with van der Waals surface area (Å²) in [5.74, 6) is -0.858. The van der Waals surface area contributed by atoms with Gasteiger partial charge in [0.25, 0.3) is 0 Å². The molecule has 0 aliphatic carbocycles. The fourth-order valence-electron chi connectivity index (χ4n) is 1.53. The maximum absolute atomic E-state index is 10.5. The molecular formula is C11H18N2O3S. The molecule has 1 atom stereocenters. The summed E-state index contributed by atoms with van der Waals surface area (Å²) in [5, 5.41) is 14.4. The number of aliphatic carboxylic acids is 1. The monoisotopic (exact) mass is 258 g/mol. The first-order valence-electron chi connectivity index (χ1n) is 5.57. The fraction of sp³-hybridized carbons (Fsp3) is 0.636. The molecule has 1 heterocycles. The largest absolute Gasteiger partial charge is 0.481 e. The Balaban J connectivity index is 2.53. The highest BCUT2D eigenvalue weighted by Gasteiger charge is 2.11. The van der Waals surface area contributed by atoms with Crippen molar-refractivity contribution in [3.05, 3.63) is 11.1 Å². The Morgan fingerprint density at radius 3 is 3.06 bits per heavy atom. The van der Waals surface area contributed by atoms with E-state index in [1.165, 1.54) is 11.3 Å². The molecule has 0 aromatic carbocycles. The van der Waals surface area contributed by atoms with Gasteiger partial charge in [0.05, 0.1) is 24.8 Å². The minimum Gasteiger partial charge on any atom is -0.481 e. The van der Waals surface area contributed by atoms with Crippen molar-refractivity contribution in [2.45, 2.75) is 32.2 Å². The van der Waals surface area contributed by atoms with Gasteiger partial charge < -0.3 is 15.2 Å². The zero-order valence-electron chi connectivity index (χ0n) is 10.1. The first kappa shape index (κ1) is 13.9. The molecule has 2 N–H and O–H groups in total. The van der Waals surface area contributed by atoms with E-state index in [4.69, 9.17) is 9.84 Å². The second-order valence-electron chi connectivity index (χ2n) is 3.80. The molecule has 0 spiro atoms. The van der Waals surface area contributed by atoms with Gasteiger partial charge in [-0.25, -0.2) is 4.98 Å². The van der Waals surface area contributed by atoms with Gasteiger partial charge in [-0.3, -0.25) is 4.79 Å². The summed E-state index contributed by atoms with van der Waals surface area (Å²) in [5.41, 5.74) is 0.595. The maximum atomic E-state index is 10.5. The van der Waals surface area contributed by atoms with Crippen LogP contribution in [0.1, 0.15) is 25.5 Å². The van der Waals surface area contributed by atoms with Crippen LogP contribution in [0.25, 0.3) is 0 Å². The average Bonchev–Trinajstić information content (AvgIpc) is 2.65. The van der Waals surface area contributed by atoms with Gasteiger partial charge >= 0.3 is 5.97 Å². The van der Waals surface area contributed by atoms with Gasteiger partial charge in [-0.15, -0.1) is 11.3 Å². The molecule has 0 aliphatic heterocycles. The maximum Gasteiger partial charge on any atom is 0.309 e. The molecule has 1 aromatic heterocycles. The van der Waals surface area contributed by atoms with E-state index in [1.807, 2.05) is 0 Å². The van der Waals surface area contributed by atoms with E-state index in [9.17, 15) is 4.79 Å². The molecular weight excluding hydrogens is 240 g/mol. The molecule has 96 valence electrons. The van der Waals surface area contributed by atoms with E-state index in [1.54, 1.807) is 12.5 Å². The van der Waals surface area contributed by atoms with Gasteiger partial charge in [0.15, 0.2) is 5.13 Å². The Morgan fingerprint density at radius 2 is 2.47 bits per heavy atom. The van der Waals surface area contributed by atoms with Crippen molar-refractivity contribution in [3.8, 4) is 0 Å². The standard InChI is InChI=1S/C11H18N2O3S/c1-3-4-8(6-16-2)12-11-13-9(7-17-11)5-10(14)15/h7-8H,3-6H2,1-2H3,(H,12,13)(H,14,15). The number of thiazole rings is 1. The number of methoxy groups -OCH3 is 1. The van der Waals surface area contributed by atoms with Crippen molar-refractivity contribution in [2.75, 3.05) is 19.0 Å². The number of aromatic nitrogens is 1. The van der Waals surface area contributed by atoms with Crippen molar-refractivity contribution < 1.29 is 14.6 Å². The molecule has 1 rings (SSSR count). The number of carboxylic acid groups (broad SMARTS) is 1.